The van der Waals surface area contributed by atoms with E-state index in [1.165, 1.54) is 0 Å². The molecule has 0 bridgehead atoms. The number of carbonyl (C=O) groups is 2. The molecule has 1 aliphatic rings. The fraction of sp³-hybridized carbons (Fsp3) is 0.375. The number of nitrogens with zero attached hydrogens (tertiary/aromatic N) is 1. The predicted molar refractivity (Wildman–Crippen MR) is 88.5 cm³/mol. The molecule has 1 atom stereocenters. The monoisotopic (exact) mass is 379 g/mol. The molecule has 0 spiro atoms. The van der Waals surface area contributed by atoms with Crippen LogP contribution < -0.4 is 5.32 Å². The molecule has 0 radical (unpaired) electrons. The van der Waals surface area contributed by atoms with Crippen molar-refractivity contribution in [2.45, 2.75) is 18.8 Å². The Morgan fingerprint density at radius 1 is 1.39 bits per heavy atom. The van der Waals surface area contributed by atoms with Crippen LogP contribution in [0, 0.1) is 0 Å². The summed E-state index contributed by atoms with van der Waals surface area (Å²) in [5, 5.41) is 2.65. The summed E-state index contributed by atoms with van der Waals surface area (Å²) in [4.78, 5) is 29.4. The second-order valence-electron chi connectivity index (χ2n) is 5.58. The van der Waals surface area contributed by atoms with E-state index in [0.29, 0.717) is 29.1 Å². The van der Waals surface area contributed by atoms with Gasteiger partial charge in [-0.2, -0.15) is 0 Å². The van der Waals surface area contributed by atoms with Gasteiger partial charge < -0.3 is 19.6 Å². The first-order valence-corrected chi connectivity index (χ1v) is 8.33. The van der Waals surface area contributed by atoms with Crippen molar-refractivity contribution in [1.82, 2.24) is 15.2 Å². The maximum Gasteiger partial charge on any atom is 0.289 e. The summed E-state index contributed by atoms with van der Waals surface area (Å²) in [6.07, 6.45) is 3.60. The van der Waals surface area contributed by atoms with Gasteiger partial charge in [-0.1, -0.05) is 0 Å². The Morgan fingerprint density at radius 2 is 2.22 bits per heavy atom. The van der Waals surface area contributed by atoms with Crippen molar-refractivity contribution < 1.29 is 14.0 Å². The van der Waals surface area contributed by atoms with E-state index in [-0.39, 0.29) is 17.7 Å². The zero-order valence-corrected chi connectivity index (χ0v) is 14.4. The molecule has 7 heteroatoms. The Balaban J connectivity index is 1.77. The maximum absolute atomic E-state index is 12.5. The number of hydrogen-bond donors (Lipinski definition) is 2. The van der Waals surface area contributed by atoms with Gasteiger partial charge >= 0.3 is 0 Å². The average Bonchev–Trinajstić information content (AvgIpc) is 3.22. The quantitative estimate of drug-likeness (QED) is 0.860. The minimum atomic E-state index is -0.117. The van der Waals surface area contributed by atoms with Crippen LogP contribution in [0.4, 0.5) is 0 Å². The zero-order valence-electron chi connectivity index (χ0n) is 12.8. The Hall–Kier alpha value is -2.02. The molecule has 2 aromatic heterocycles. The number of H-pyrrole nitrogens is 1. The van der Waals surface area contributed by atoms with Gasteiger partial charge in [0.2, 0.25) is 0 Å². The molecule has 2 N–H and O–H groups in total. The molecule has 0 aliphatic carbocycles. The smallest absolute Gasteiger partial charge is 0.289 e. The second kappa shape index (κ2) is 6.62. The Morgan fingerprint density at radius 3 is 2.91 bits per heavy atom. The summed E-state index contributed by atoms with van der Waals surface area (Å²) < 4.78 is 5.90. The molecular weight excluding hydrogens is 362 g/mol. The lowest BCUT2D eigenvalue weighted by Gasteiger charge is -2.32. The number of aromatic nitrogens is 1. The topological polar surface area (TPSA) is 78.3 Å². The molecular formula is C16H18BrN3O3. The number of furan rings is 1. The van der Waals surface area contributed by atoms with E-state index >= 15 is 0 Å². The standard InChI is InChI=1S/C16H18BrN3O3/c1-18-15(21)11-6-7-19-14(11)10-3-2-8-20(9-10)16(22)12-4-5-13(17)23-12/h4-7,10,19H,2-3,8-9H2,1H3,(H,18,21). The van der Waals surface area contributed by atoms with Gasteiger partial charge in [-0.05, 0) is 47.0 Å². The first-order valence-electron chi connectivity index (χ1n) is 7.54. The molecule has 0 aromatic carbocycles. The highest BCUT2D eigenvalue weighted by Crippen LogP contribution is 2.29. The van der Waals surface area contributed by atoms with E-state index in [0.717, 1.165) is 18.5 Å². The van der Waals surface area contributed by atoms with E-state index < -0.39 is 0 Å². The molecule has 1 unspecified atom stereocenters. The lowest BCUT2D eigenvalue weighted by atomic mass is 9.92. The maximum atomic E-state index is 12.5. The summed E-state index contributed by atoms with van der Waals surface area (Å²) >= 11 is 3.21. The summed E-state index contributed by atoms with van der Waals surface area (Å²) in [6, 6.07) is 5.16. The van der Waals surface area contributed by atoms with Crippen molar-refractivity contribution in [3.8, 4) is 0 Å². The van der Waals surface area contributed by atoms with Crippen LogP contribution in [0.25, 0.3) is 0 Å². The van der Waals surface area contributed by atoms with Crippen molar-refractivity contribution in [1.29, 1.82) is 0 Å². The van der Waals surface area contributed by atoms with Crippen LogP contribution >= 0.6 is 15.9 Å². The number of halogens is 1. The summed E-state index contributed by atoms with van der Waals surface area (Å²) in [6.45, 7) is 1.27. The Bertz CT molecular complexity index is 722. The van der Waals surface area contributed by atoms with Gasteiger partial charge in [0.15, 0.2) is 10.4 Å². The molecule has 1 saturated heterocycles. The first-order chi connectivity index (χ1) is 11.1. The molecule has 3 rings (SSSR count). The number of hydrogen-bond acceptors (Lipinski definition) is 3. The van der Waals surface area contributed by atoms with Crippen LogP contribution in [0.15, 0.2) is 33.5 Å². The predicted octanol–water partition coefficient (Wildman–Crippen LogP) is 2.75. The third kappa shape index (κ3) is 3.19. The third-order valence-corrected chi connectivity index (χ3v) is 4.58. The van der Waals surface area contributed by atoms with Crippen molar-refractivity contribution in [3.63, 3.8) is 0 Å². The highest BCUT2D eigenvalue weighted by Gasteiger charge is 2.29. The molecule has 0 saturated carbocycles. The van der Waals surface area contributed by atoms with Gasteiger partial charge in [-0.15, -0.1) is 0 Å². The van der Waals surface area contributed by atoms with Crippen LogP contribution in [0.5, 0.6) is 0 Å². The molecule has 2 aromatic rings. The molecule has 3 heterocycles. The zero-order chi connectivity index (χ0) is 16.4. The molecule has 6 nitrogen and oxygen atoms in total. The molecule has 23 heavy (non-hydrogen) atoms. The number of carbonyl (C=O) groups excluding carboxylic acids is 2. The molecule has 122 valence electrons. The number of nitrogens with one attached hydrogen (secondary N) is 2. The number of amides is 2. The van der Waals surface area contributed by atoms with E-state index in [1.54, 1.807) is 36.3 Å². The van der Waals surface area contributed by atoms with Crippen molar-refractivity contribution >= 4 is 27.7 Å². The normalized spacial score (nSPS) is 18.0. The van der Waals surface area contributed by atoms with Gasteiger partial charge in [0.05, 0.1) is 5.56 Å². The van der Waals surface area contributed by atoms with Crippen molar-refractivity contribution in [2.24, 2.45) is 0 Å². The summed E-state index contributed by atoms with van der Waals surface area (Å²) in [5.41, 5.74) is 1.54. The summed E-state index contributed by atoms with van der Waals surface area (Å²) in [5.74, 6) is 0.219. The van der Waals surface area contributed by atoms with E-state index in [9.17, 15) is 9.59 Å². The molecule has 1 aliphatic heterocycles. The van der Waals surface area contributed by atoms with Crippen LogP contribution in [0.3, 0.4) is 0 Å². The van der Waals surface area contributed by atoms with Crippen LogP contribution in [0.2, 0.25) is 0 Å². The second-order valence-corrected chi connectivity index (χ2v) is 6.36. The van der Waals surface area contributed by atoms with Crippen LogP contribution in [0.1, 0.15) is 45.4 Å². The number of piperidine rings is 1. The van der Waals surface area contributed by atoms with Crippen molar-refractivity contribution in [2.75, 3.05) is 20.1 Å². The lowest BCUT2D eigenvalue weighted by Crippen LogP contribution is -2.39. The van der Waals surface area contributed by atoms with E-state index in [4.69, 9.17) is 4.42 Å². The minimum Gasteiger partial charge on any atom is -0.444 e. The summed E-state index contributed by atoms with van der Waals surface area (Å²) in [7, 11) is 1.62. The highest BCUT2D eigenvalue weighted by molar-refractivity contribution is 9.10. The van der Waals surface area contributed by atoms with E-state index in [1.807, 2.05) is 0 Å². The van der Waals surface area contributed by atoms with Gasteiger partial charge in [0.1, 0.15) is 0 Å². The lowest BCUT2D eigenvalue weighted by molar-refractivity contribution is 0.0672. The highest BCUT2D eigenvalue weighted by atomic mass is 79.9. The molecule has 2 amide bonds. The Labute approximate surface area is 142 Å². The largest absolute Gasteiger partial charge is 0.444 e. The number of aromatic amines is 1. The van der Waals surface area contributed by atoms with Crippen LogP contribution in [-0.2, 0) is 0 Å². The van der Waals surface area contributed by atoms with Gasteiger partial charge in [-0.3, -0.25) is 9.59 Å². The number of rotatable bonds is 3. The van der Waals surface area contributed by atoms with Gasteiger partial charge in [-0.25, -0.2) is 0 Å². The first kappa shape index (κ1) is 15.9. The third-order valence-electron chi connectivity index (χ3n) is 4.15. The fourth-order valence-electron chi connectivity index (χ4n) is 3.04. The Kier molecular flexibility index (Phi) is 4.56. The average molecular weight is 380 g/mol. The van der Waals surface area contributed by atoms with Gasteiger partial charge in [0.25, 0.3) is 11.8 Å². The van der Waals surface area contributed by atoms with Crippen molar-refractivity contribution in [3.05, 3.63) is 46.1 Å². The van der Waals surface area contributed by atoms with Crippen LogP contribution in [-0.4, -0.2) is 41.8 Å². The minimum absolute atomic E-state index is 0.111. The SMILES string of the molecule is CNC(=O)c1cc[nH]c1C1CCCN(C(=O)c2ccc(Br)o2)C1. The number of likely N-dealkylation sites (tertiary alicyclic amines) is 1. The fourth-order valence-corrected chi connectivity index (χ4v) is 3.34. The van der Waals surface area contributed by atoms with E-state index in [2.05, 4.69) is 26.2 Å². The molecule has 1 fully saturated rings. The van der Waals surface area contributed by atoms with Gasteiger partial charge in [0, 0.05) is 37.9 Å².